The Morgan fingerprint density at radius 1 is 1.10 bits per heavy atom. The standard InChI is InChI=1S/C23H26N4O4/c1-12(2)11-27-20-19(22(30)26-23(27)31)17(10-18(25-20)13(3)4)21(29)24-16-8-6-15(7-9-16)14(5)28/h6-10,12-13H,11H2,1-5H3,(H,24,29)(H,26,30,31). The number of aromatic amines is 1. The predicted octanol–water partition coefficient (Wildman–Crippen LogP) is 3.32. The Kier molecular flexibility index (Phi) is 6.19. The number of Topliss-reactive ketones (excluding diaryl/α,β-unsaturated/α-hetero) is 1. The summed E-state index contributed by atoms with van der Waals surface area (Å²) in [6, 6.07) is 8.08. The Hall–Kier alpha value is -3.55. The Morgan fingerprint density at radius 3 is 2.29 bits per heavy atom. The predicted molar refractivity (Wildman–Crippen MR) is 120 cm³/mol. The third-order valence-corrected chi connectivity index (χ3v) is 4.90. The number of benzene rings is 1. The number of anilines is 1. The van der Waals surface area contributed by atoms with Crippen LogP contribution < -0.4 is 16.6 Å². The van der Waals surface area contributed by atoms with Gasteiger partial charge in [0.05, 0.1) is 10.9 Å². The maximum absolute atomic E-state index is 13.1. The fourth-order valence-corrected chi connectivity index (χ4v) is 3.29. The van der Waals surface area contributed by atoms with Gasteiger partial charge in [-0.2, -0.15) is 0 Å². The summed E-state index contributed by atoms with van der Waals surface area (Å²) in [5, 5.41) is 2.84. The number of hydrogen-bond acceptors (Lipinski definition) is 5. The number of rotatable bonds is 6. The lowest BCUT2D eigenvalue weighted by Gasteiger charge is -2.16. The van der Waals surface area contributed by atoms with Crippen LogP contribution in [0, 0.1) is 5.92 Å². The van der Waals surface area contributed by atoms with Crippen LogP contribution in [0.1, 0.15) is 66.9 Å². The summed E-state index contributed by atoms with van der Waals surface area (Å²) < 4.78 is 1.41. The van der Waals surface area contributed by atoms with Crippen LogP contribution in [0.4, 0.5) is 5.69 Å². The van der Waals surface area contributed by atoms with Crippen LogP contribution >= 0.6 is 0 Å². The Bertz CT molecular complexity index is 1270. The van der Waals surface area contributed by atoms with Crippen molar-refractivity contribution in [1.82, 2.24) is 14.5 Å². The minimum absolute atomic E-state index is 0.0207. The molecular formula is C23H26N4O4. The third kappa shape index (κ3) is 4.63. The highest BCUT2D eigenvalue weighted by Crippen LogP contribution is 2.21. The molecule has 8 nitrogen and oxygen atoms in total. The van der Waals surface area contributed by atoms with Crippen LogP contribution in [0.25, 0.3) is 11.0 Å². The van der Waals surface area contributed by atoms with Crippen molar-refractivity contribution in [2.24, 2.45) is 5.92 Å². The minimum Gasteiger partial charge on any atom is -0.322 e. The number of carbonyl (C=O) groups is 2. The number of ketones is 1. The number of hydrogen-bond donors (Lipinski definition) is 2. The van der Waals surface area contributed by atoms with Crippen molar-refractivity contribution < 1.29 is 9.59 Å². The quantitative estimate of drug-likeness (QED) is 0.592. The van der Waals surface area contributed by atoms with E-state index in [2.05, 4.69) is 15.3 Å². The average molecular weight is 422 g/mol. The molecule has 0 saturated heterocycles. The number of carbonyl (C=O) groups excluding carboxylic acids is 2. The van der Waals surface area contributed by atoms with Crippen molar-refractivity contribution in [3.8, 4) is 0 Å². The van der Waals surface area contributed by atoms with E-state index in [9.17, 15) is 19.2 Å². The van der Waals surface area contributed by atoms with E-state index < -0.39 is 17.2 Å². The van der Waals surface area contributed by atoms with Gasteiger partial charge >= 0.3 is 5.69 Å². The van der Waals surface area contributed by atoms with Gasteiger partial charge in [0, 0.05) is 23.5 Å². The molecule has 2 heterocycles. The molecule has 3 aromatic rings. The van der Waals surface area contributed by atoms with Gasteiger partial charge in [0.25, 0.3) is 11.5 Å². The Labute approximate surface area is 179 Å². The fourth-order valence-electron chi connectivity index (χ4n) is 3.29. The first kappa shape index (κ1) is 22.1. The normalized spacial score (nSPS) is 11.3. The molecule has 0 radical (unpaired) electrons. The molecule has 3 rings (SSSR count). The summed E-state index contributed by atoms with van der Waals surface area (Å²) >= 11 is 0. The largest absolute Gasteiger partial charge is 0.330 e. The molecular weight excluding hydrogens is 396 g/mol. The topological polar surface area (TPSA) is 114 Å². The van der Waals surface area contributed by atoms with Gasteiger partial charge in [-0.05, 0) is 49.1 Å². The van der Waals surface area contributed by atoms with E-state index >= 15 is 0 Å². The van der Waals surface area contributed by atoms with Crippen LogP contribution in [-0.4, -0.2) is 26.2 Å². The van der Waals surface area contributed by atoms with Crippen LogP contribution in [0.15, 0.2) is 39.9 Å². The van der Waals surface area contributed by atoms with Crippen molar-refractivity contribution in [3.05, 3.63) is 68.0 Å². The summed E-state index contributed by atoms with van der Waals surface area (Å²) in [7, 11) is 0. The number of nitrogens with zero attached hydrogens (tertiary/aromatic N) is 2. The van der Waals surface area contributed by atoms with E-state index in [4.69, 9.17) is 0 Å². The van der Waals surface area contributed by atoms with E-state index in [1.807, 2.05) is 27.7 Å². The molecule has 1 amide bonds. The molecule has 0 fully saturated rings. The molecule has 0 atom stereocenters. The van der Waals surface area contributed by atoms with E-state index in [1.54, 1.807) is 30.3 Å². The smallest absolute Gasteiger partial charge is 0.322 e. The Balaban J connectivity index is 2.18. The molecule has 31 heavy (non-hydrogen) atoms. The number of amides is 1. The van der Waals surface area contributed by atoms with Gasteiger partial charge < -0.3 is 5.32 Å². The fraction of sp³-hybridized carbons (Fsp3) is 0.348. The summed E-state index contributed by atoms with van der Waals surface area (Å²) in [4.78, 5) is 56.6. The van der Waals surface area contributed by atoms with Crippen LogP contribution in [-0.2, 0) is 6.54 Å². The zero-order chi connectivity index (χ0) is 22.9. The highest BCUT2D eigenvalue weighted by Gasteiger charge is 2.21. The lowest BCUT2D eigenvalue weighted by molar-refractivity contribution is 0.101. The highest BCUT2D eigenvalue weighted by molar-refractivity contribution is 6.12. The van der Waals surface area contributed by atoms with Gasteiger partial charge in [0.2, 0.25) is 0 Å². The first-order chi connectivity index (χ1) is 14.6. The average Bonchev–Trinajstić information content (AvgIpc) is 2.70. The van der Waals surface area contributed by atoms with Crippen molar-refractivity contribution >= 4 is 28.4 Å². The number of aromatic nitrogens is 3. The van der Waals surface area contributed by atoms with Crippen LogP contribution in [0.3, 0.4) is 0 Å². The van der Waals surface area contributed by atoms with Gasteiger partial charge in [0.1, 0.15) is 0 Å². The number of H-pyrrole nitrogens is 1. The van der Waals surface area contributed by atoms with Crippen molar-refractivity contribution in [1.29, 1.82) is 0 Å². The number of pyridine rings is 1. The van der Waals surface area contributed by atoms with E-state index in [1.165, 1.54) is 11.5 Å². The van der Waals surface area contributed by atoms with Gasteiger partial charge in [-0.15, -0.1) is 0 Å². The third-order valence-electron chi connectivity index (χ3n) is 4.90. The second-order valence-electron chi connectivity index (χ2n) is 8.30. The van der Waals surface area contributed by atoms with Gasteiger partial charge in [-0.3, -0.25) is 23.9 Å². The van der Waals surface area contributed by atoms with E-state index in [0.29, 0.717) is 23.5 Å². The molecule has 1 aromatic carbocycles. The summed E-state index contributed by atoms with van der Waals surface area (Å²) in [5.41, 5.74) is 0.758. The molecule has 0 aliphatic carbocycles. The molecule has 0 aliphatic rings. The molecule has 162 valence electrons. The number of nitrogens with one attached hydrogen (secondary N) is 2. The van der Waals surface area contributed by atoms with Gasteiger partial charge in [-0.1, -0.05) is 27.7 Å². The van der Waals surface area contributed by atoms with Crippen molar-refractivity contribution in [2.75, 3.05) is 5.32 Å². The second-order valence-corrected chi connectivity index (χ2v) is 8.30. The molecule has 0 bridgehead atoms. The van der Waals surface area contributed by atoms with Gasteiger partial charge in [-0.25, -0.2) is 9.78 Å². The van der Waals surface area contributed by atoms with Crippen molar-refractivity contribution in [3.63, 3.8) is 0 Å². The molecule has 0 saturated carbocycles. The first-order valence-electron chi connectivity index (χ1n) is 10.2. The van der Waals surface area contributed by atoms with Crippen molar-refractivity contribution in [2.45, 2.75) is 47.1 Å². The monoisotopic (exact) mass is 422 g/mol. The summed E-state index contributed by atoms with van der Waals surface area (Å²) in [5.74, 6) is -0.458. The lowest BCUT2D eigenvalue weighted by Crippen LogP contribution is -2.33. The number of fused-ring (bicyclic) bond motifs is 1. The molecule has 0 spiro atoms. The summed E-state index contributed by atoms with van der Waals surface area (Å²) in [6.45, 7) is 9.58. The molecule has 8 heteroatoms. The Morgan fingerprint density at radius 2 is 1.74 bits per heavy atom. The van der Waals surface area contributed by atoms with Gasteiger partial charge in [0.15, 0.2) is 11.4 Å². The minimum atomic E-state index is -0.653. The maximum Gasteiger partial charge on any atom is 0.330 e. The molecule has 2 N–H and O–H groups in total. The highest BCUT2D eigenvalue weighted by atomic mass is 16.2. The summed E-state index contributed by atoms with van der Waals surface area (Å²) in [6.07, 6.45) is 0. The molecule has 0 aliphatic heterocycles. The maximum atomic E-state index is 13.1. The van der Waals surface area contributed by atoms with E-state index in [-0.39, 0.29) is 34.2 Å². The SMILES string of the molecule is CC(=O)c1ccc(NC(=O)c2cc(C(C)C)nc3c2c(=O)[nH]c(=O)n3CC(C)C)cc1. The zero-order valence-electron chi connectivity index (χ0n) is 18.3. The lowest BCUT2D eigenvalue weighted by atomic mass is 10.0. The second kappa shape index (κ2) is 8.67. The zero-order valence-corrected chi connectivity index (χ0v) is 18.3. The molecule has 0 unspecified atom stereocenters. The van der Waals surface area contributed by atoms with Crippen LogP contribution in [0.5, 0.6) is 0 Å². The molecule has 2 aromatic heterocycles. The van der Waals surface area contributed by atoms with Crippen LogP contribution in [0.2, 0.25) is 0 Å². The first-order valence-corrected chi connectivity index (χ1v) is 10.2. The van der Waals surface area contributed by atoms with E-state index in [0.717, 1.165) is 0 Å².